The molecule has 15 aromatic rings. The van der Waals surface area contributed by atoms with Gasteiger partial charge in [0.2, 0.25) is 0 Å². The molecule has 0 aliphatic carbocycles. The van der Waals surface area contributed by atoms with Crippen LogP contribution in [-0.4, -0.2) is 19.5 Å². The summed E-state index contributed by atoms with van der Waals surface area (Å²) in [7, 11) is 0. The van der Waals surface area contributed by atoms with E-state index in [1.54, 1.807) is 0 Å². The minimum Gasteiger partial charge on any atom is -0.456 e. The Morgan fingerprint density at radius 3 is 1.69 bits per heavy atom. The maximum Gasteiger partial charge on any atom is 0.164 e. The first-order valence-corrected chi connectivity index (χ1v) is 24.7. The van der Waals surface area contributed by atoms with Crippen molar-refractivity contribution in [1.82, 2.24) is 19.5 Å². The van der Waals surface area contributed by atoms with Crippen molar-refractivity contribution in [3.63, 3.8) is 0 Å². The minimum absolute atomic E-state index is 0.568. The van der Waals surface area contributed by atoms with Crippen LogP contribution in [0.15, 0.2) is 227 Å². The molecule has 0 bridgehead atoms. The average Bonchev–Trinajstić information content (AvgIpc) is 4.13. The fourth-order valence-electron chi connectivity index (χ4n) is 10.9. The van der Waals surface area contributed by atoms with Crippen LogP contribution >= 0.6 is 0 Å². The first kappa shape index (κ1) is 41.6. The summed E-state index contributed by atoms with van der Waals surface area (Å²) in [4.78, 5) is 15.6. The van der Waals surface area contributed by atoms with Crippen LogP contribution in [0.1, 0.15) is 20.3 Å². The van der Waals surface area contributed by atoms with E-state index < -0.39 is 0 Å². The normalized spacial score (nSPS) is 11.8. The van der Waals surface area contributed by atoms with Gasteiger partial charge in [0.25, 0.3) is 0 Å². The van der Waals surface area contributed by atoms with Gasteiger partial charge in [0.1, 0.15) is 22.3 Å². The summed E-state index contributed by atoms with van der Waals surface area (Å²) in [5, 5.41) is 13.9. The molecule has 0 fully saturated rings. The Bertz CT molecular complexity index is 4640. The molecule has 0 aliphatic rings. The molecule has 72 heavy (non-hydrogen) atoms. The molecule has 6 nitrogen and oxygen atoms in total. The fraction of sp³-hybridized carbons (Fsp3) is 0.0455. The highest BCUT2D eigenvalue weighted by Gasteiger charge is 2.23. The summed E-state index contributed by atoms with van der Waals surface area (Å²) in [5.74, 6) is 1.74. The Kier molecular flexibility index (Phi) is 9.61. The van der Waals surface area contributed by atoms with Crippen LogP contribution in [0.2, 0.25) is 0 Å². The van der Waals surface area contributed by atoms with Crippen LogP contribution < -0.4 is 0 Å². The maximum absolute atomic E-state index is 6.51. The Morgan fingerprint density at radius 2 is 0.889 bits per heavy atom. The van der Waals surface area contributed by atoms with E-state index >= 15 is 0 Å². The molecule has 0 N–H and O–H groups in total. The fourth-order valence-corrected chi connectivity index (χ4v) is 10.9. The molecule has 0 aliphatic heterocycles. The lowest BCUT2D eigenvalue weighted by atomic mass is 9.95. The van der Waals surface area contributed by atoms with E-state index in [4.69, 9.17) is 23.8 Å². The summed E-state index contributed by atoms with van der Waals surface area (Å²) in [6, 6.07) is 77.0. The minimum atomic E-state index is 0.568. The van der Waals surface area contributed by atoms with Crippen molar-refractivity contribution in [2.75, 3.05) is 0 Å². The summed E-state index contributed by atoms with van der Waals surface area (Å²) in [6.45, 7) is 4.25. The standard InChI is InChI=1S/C63H36N4O2.C3H8/c1-2-15-38(16-3-1)61-64-62(66-63(65-61)41-28-31-48-47-22-10-11-27-53(47)69-56(48)36-41)40-17-12-18-42(34-40)67-59-44(39-30-32-54-52(35-39)57-43-19-5-4-14-37(43)29-33-55(57)68-54)25-13-26-51(59)58-49-23-8-6-20-45(49)46-21-7-9-24-50(46)60(58)67;1-3-2/h1-36H;3H2,1-2H3. The van der Waals surface area contributed by atoms with Crippen LogP contribution in [0.25, 0.3) is 149 Å². The molecule has 340 valence electrons. The molecule has 0 spiro atoms. The second-order valence-electron chi connectivity index (χ2n) is 18.6. The van der Waals surface area contributed by atoms with Crippen molar-refractivity contribution in [2.45, 2.75) is 20.3 Å². The number of benzene rings is 11. The maximum atomic E-state index is 6.51. The first-order valence-electron chi connectivity index (χ1n) is 24.7. The van der Waals surface area contributed by atoms with E-state index in [-0.39, 0.29) is 0 Å². The number of furan rings is 2. The lowest BCUT2D eigenvalue weighted by Gasteiger charge is -2.15. The predicted molar refractivity (Wildman–Crippen MR) is 299 cm³/mol. The molecule has 0 saturated heterocycles. The number of hydrogen-bond acceptors (Lipinski definition) is 5. The number of aromatic nitrogens is 4. The van der Waals surface area contributed by atoms with Crippen LogP contribution in [0.5, 0.6) is 0 Å². The number of rotatable bonds is 5. The molecule has 15 rings (SSSR count). The summed E-state index contributed by atoms with van der Waals surface area (Å²) < 4.78 is 15.3. The van der Waals surface area contributed by atoms with Crippen LogP contribution in [0.3, 0.4) is 0 Å². The monoisotopic (exact) mass is 924 g/mol. The third kappa shape index (κ3) is 6.53. The highest BCUT2D eigenvalue weighted by molar-refractivity contribution is 6.33. The van der Waals surface area contributed by atoms with Gasteiger partial charge >= 0.3 is 0 Å². The zero-order valence-corrected chi connectivity index (χ0v) is 39.6. The van der Waals surface area contributed by atoms with Gasteiger partial charge in [0.05, 0.1) is 11.0 Å². The highest BCUT2D eigenvalue weighted by Crippen LogP contribution is 2.46. The van der Waals surface area contributed by atoms with Crippen LogP contribution in [0, 0.1) is 0 Å². The average molecular weight is 925 g/mol. The molecule has 0 radical (unpaired) electrons. The zero-order chi connectivity index (χ0) is 47.9. The molecule has 0 saturated carbocycles. The number of para-hydroxylation sites is 2. The van der Waals surface area contributed by atoms with E-state index in [0.29, 0.717) is 17.5 Å². The van der Waals surface area contributed by atoms with Crippen molar-refractivity contribution in [3.8, 4) is 51.0 Å². The molecular formula is C66H44N4O2. The van der Waals surface area contributed by atoms with Crippen molar-refractivity contribution in [2.24, 2.45) is 0 Å². The van der Waals surface area contributed by atoms with Gasteiger partial charge in [-0.15, -0.1) is 0 Å². The predicted octanol–water partition coefficient (Wildman–Crippen LogP) is 18.3. The van der Waals surface area contributed by atoms with E-state index in [1.165, 1.54) is 49.5 Å². The van der Waals surface area contributed by atoms with E-state index in [0.717, 1.165) is 88.4 Å². The SMILES string of the molecule is CCC.c1ccc(-c2nc(-c3cccc(-n4c5c(-c6ccc7oc8ccc9ccccc9c8c7c6)cccc5c5c6ccccc6c6ccccc6c54)c3)nc(-c3ccc4c(c3)oc3ccccc34)n2)cc1. The summed E-state index contributed by atoms with van der Waals surface area (Å²) in [6.07, 6.45) is 1.25. The largest absolute Gasteiger partial charge is 0.456 e. The van der Waals surface area contributed by atoms with Crippen molar-refractivity contribution in [3.05, 3.63) is 218 Å². The van der Waals surface area contributed by atoms with Gasteiger partial charge in [0, 0.05) is 65.6 Å². The quantitative estimate of drug-likeness (QED) is 0.161. The van der Waals surface area contributed by atoms with E-state index in [1.807, 2.05) is 54.6 Å². The lowest BCUT2D eigenvalue weighted by molar-refractivity contribution is 0.668. The molecule has 11 aromatic carbocycles. The number of nitrogens with zero attached hydrogens (tertiary/aromatic N) is 4. The van der Waals surface area contributed by atoms with Gasteiger partial charge in [-0.2, -0.15) is 0 Å². The Hall–Kier alpha value is -9.39. The van der Waals surface area contributed by atoms with Crippen molar-refractivity contribution < 1.29 is 8.83 Å². The first-order chi connectivity index (χ1) is 35.6. The Balaban J connectivity index is 0.00000157. The van der Waals surface area contributed by atoms with Gasteiger partial charge in [-0.3, -0.25) is 0 Å². The third-order valence-corrected chi connectivity index (χ3v) is 14.0. The highest BCUT2D eigenvalue weighted by atomic mass is 16.3. The van der Waals surface area contributed by atoms with Gasteiger partial charge in [-0.05, 0) is 81.0 Å². The molecule has 4 heterocycles. The molecule has 4 aromatic heterocycles. The molecule has 0 unspecified atom stereocenters. The molecular weight excluding hydrogens is 881 g/mol. The van der Waals surface area contributed by atoms with Crippen LogP contribution in [0.4, 0.5) is 0 Å². The van der Waals surface area contributed by atoms with Crippen molar-refractivity contribution >= 4 is 98.0 Å². The van der Waals surface area contributed by atoms with Crippen molar-refractivity contribution in [1.29, 1.82) is 0 Å². The zero-order valence-electron chi connectivity index (χ0n) is 39.6. The second-order valence-corrected chi connectivity index (χ2v) is 18.6. The summed E-state index contributed by atoms with van der Waals surface area (Å²) >= 11 is 0. The van der Waals surface area contributed by atoms with Gasteiger partial charge in [-0.25, -0.2) is 15.0 Å². The number of hydrogen-bond donors (Lipinski definition) is 0. The Morgan fingerprint density at radius 1 is 0.333 bits per heavy atom. The lowest BCUT2D eigenvalue weighted by Crippen LogP contribution is -2.01. The van der Waals surface area contributed by atoms with Gasteiger partial charge < -0.3 is 13.4 Å². The third-order valence-electron chi connectivity index (χ3n) is 14.0. The smallest absolute Gasteiger partial charge is 0.164 e. The van der Waals surface area contributed by atoms with Gasteiger partial charge in [0.15, 0.2) is 17.5 Å². The van der Waals surface area contributed by atoms with E-state index in [9.17, 15) is 0 Å². The molecule has 6 heteroatoms. The molecule has 0 atom stereocenters. The second kappa shape index (κ2) is 16.6. The van der Waals surface area contributed by atoms with Gasteiger partial charge in [-0.1, -0.05) is 190 Å². The van der Waals surface area contributed by atoms with Crippen LogP contribution in [-0.2, 0) is 0 Å². The molecule has 0 amide bonds. The topological polar surface area (TPSA) is 69.9 Å². The van der Waals surface area contributed by atoms with E-state index in [2.05, 4.69) is 182 Å². The summed E-state index contributed by atoms with van der Waals surface area (Å²) in [5.41, 5.74) is 11.5. The number of fused-ring (bicyclic) bond motifs is 16. The Labute approximate surface area is 414 Å².